The second-order valence-corrected chi connectivity index (χ2v) is 3.37. The lowest BCUT2D eigenvalue weighted by molar-refractivity contribution is 1.22. The van der Waals surface area contributed by atoms with Gasteiger partial charge in [0.05, 0.1) is 17.6 Å². The van der Waals surface area contributed by atoms with Crippen molar-refractivity contribution in [3.05, 3.63) is 18.5 Å². The third-order valence-corrected chi connectivity index (χ3v) is 2.09. The van der Waals surface area contributed by atoms with Crippen molar-refractivity contribution >= 4 is 23.1 Å². The summed E-state index contributed by atoms with van der Waals surface area (Å²) in [6.07, 6.45) is 5.47. The van der Waals surface area contributed by atoms with E-state index >= 15 is 0 Å². The quantitative estimate of drug-likeness (QED) is 0.693. The van der Waals surface area contributed by atoms with E-state index in [-0.39, 0.29) is 0 Å². The summed E-state index contributed by atoms with van der Waals surface area (Å²) in [5, 5.41) is 3.23. The Morgan fingerprint density at radius 2 is 2.50 bits per heavy atom. The molecule has 1 aromatic heterocycles. The van der Waals surface area contributed by atoms with Gasteiger partial charge in [-0.05, 0) is 12.3 Å². The summed E-state index contributed by atoms with van der Waals surface area (Å²) in [6, 6.07) is 1.88. The lowest BCUT2D eigenvalue weighted by atomic mass is 10.3. The van der Waals surface area contributed by atoms with E-state index in [2.05, 4.69) is 16.6 Å². The number of nitrogens with one attached hydrogen (secondary N) is 1. The van der Waals surface area contributed by atoms with E-state index in [0.717, 1.165) is 18.0 Å². The van der Waals surface area contributed by atoms with Crippen LogP contribution in [0, 0.1) is 0 Å². The molecule has 0 spiro atoms. The Hall–Kier alpha value is -0.900. The minimum atomic E-state index is 0.707. The number of pyridine rings is 1. The Kier molecular flexibility index (Phi) is 3.73. The number of aromatic nitrogens is 1. The van der Waals surface area contributed by atoms with Gasteiger partial charge in [0.1, 0.15) is 0 Å². The van der Waals surface area contributed by atoms with Gasteiger partial charge in [0.2, 0.25) is 0 Å². The zero-order chi connectivity index (χ0) is 8.81. The lowest BCUT2D eigenvalue weighted by Gasteiger charge is -2.06. The van der Waals surface area contributed by atoms with Crippen molar-refractivity contribution in [2.24, 2.45) is 0 Å². The van der Waals surface area contributed by atoms with Crippen molar-refractivity contribution in [1.82, 2.24) is 4.98 Å². The van der Waals surface area contributed by atoms with Gasteiger partial charge in [-0.2, -0.15) is 11.8 Å². The standard InChI is InChI=1S/C8H13N3S/c1-12-5-4-11-8-2-3-10-6-7(8)9/h2-3,6H,4-5,9H2,1H3,(H,10,11). The molecule has 0 saturated carbocycles. The van der Waals surface area contributed by atoms with Crippen LogP contribution in [-0.2, 0) is 0 Å². The Bertz CT molecular complexity index is 239. The van der Waals surface area contributed by atoms with Gasteiger partial charge in [-0.25, -0.2) is 0 Å². The monoisotopic (exact) mass is 183 g/mol. The molecule has 1 heterocycles. The molecule has 0 aromatic carbocycles. The van der Waals surface area contributed by atoms with Crippen LogP contribution in [0.15, 0.2) is 18.5 Å². The number of nitrogen functional groups attached to an aromatic ring is 1. The van der Waals surface area contributed by atoms with Crippen LogP contribution in [0.25, 0.3) is 0 Å². The number of hydrogen-bond acceptors (Lipinski definition) is 4. The van der Waals surface area contributed by atoms with Crippen LogP contribution in [-0.4, -0.2) is 23.5 Å². The molecule has 4 heteroatoms. The average Bonchev–Trinajstić information content (AvgIpc) is 2.09. The van der Waals surface area contributed by atoms with Crippen LogP contribution in [0.2, 0.25) is 0 Å². The molecule has 0 radical (unpaired) electrons. The molecule has 3 nitrogen and oxygen atoms in total. The summed E-state index contributed by atoms with van der Waals surface area (Å²) in [6.45, 7) is 0.940. The molecule has 12 heavy (non-hydrogen) atoms. The molecule has 3 N–H and O–H groups in total. The van der Waals surface area contributed by atoms with Crippen LogP contribution in [0.3, 0.4) is 0 Å². The first kappa shape index (κ1) is 9.19. The van der Waals surface area contributed by atoms with E-state index in [4.69, 9.17) is 5.73 Å². The molecule has 0 aliphatic heterocycles. The lowest BCUT2D eigenvalue weighted by Crippen LogP contribution is -2.05. The highest BCUT2D eigenvalue weighted by Crippen LogP contribution is 2.14. The summed E-state index contributed by atoms with van der Waals surface area (Å²) in [5.74, 6) is 1.09. The molecule has 1 aromatic rings. The smallest absolute Gasteiger partial charge is 0.0736 e. The van der Waals surface area contributed by atoms with Crippen LogP contribution >= 0.6 is 11.8 Å². The van der Waals surface area contributed by atoms with Gasteiger partial charge in [-0.1, -0.05) is 0 Å². The Morgan fingerprint density at radius 1 is 1.67 bits per heavy atom. The molecule has 0 amide bonds. The van der Waals surface area contributed by atoms with Crippen LogP contribution in [0.5, 0.6) is 0 Å². The van der Waals surface area contributed by atoms with E-state index in [0.29, 0.717) is 5.69 Å². The minimum Gasteiger partial charge on any atom is -0.396 e. The van der Waals surface area contributed by atoms with Gasteiger partial charge < -0.3 is 11.1 Å². The summed E-state index contributed by atoms with van der Waals surface area (Å²) in [7, 11) is 0. The summed E-state index contributed by atoms with van der Waals surface area (Å²) in [4.78, 5) is 3.90. The molecule has 0 unspecified atom stereocenters. The summed E-state index contributed by atoms with van der Waals surface area (Å²) in [5.41, 5.74) is 7.35. The van der Waals surface area contributed by atoms with Gasteiger partial charge in [0.25, 0.3) is 0 Å². The normalized spacial score (nSPS) is 9.75. The third kappa shape index (κ3) is 2.62. The van der Waals surface area contributed by atoms with Crippen LogP contribution in [0.4, 0.5) is 11.4 Å². The van der Waals surface area contributed by atoms with Crippen molar-refractivity contribution in [2.75, 3.05) is 29.6 Å². The van der Waals surface area contributed by atoms with E-state index in [1.165, 1.54) is 0 Å². The number of anilines is 2. The highest BCUT2D eigenvalue weighted by atomic mass is 32.2. The van der Waals surface area contributed by atoms with Crippen molar-refractivity contribution in [1.29, 1.82) is 0 Å². The van der Waals surface area contributed by atoms with Gasteiger partial charge in [0.15, 0.2) is 0 Å². The topological polar surface area (TPSA) is 50.9 Å². The van der Waals surface area contributed by atoms with Crippen molar-refractivity contribution < 1.29 is 0 Å². The van der Waals surface area contributed by atoms with Gasteiger partial charge >= 0.3 is 0 Å². The second-order valence-electron chi connectivity index (χ2n) is 2.38. The van der Waals surface area contributed by atoms with E-state index < -0.39 is 0 Å². The van der Waals surface area contributed by atoms with Gasteiger partial charge in [-0.15, -0.1) is 0 Å². The predicted molar refractivity (Wildman–Crippen MR) is 55.5 cm³/mol. The zero-order valence-corrected chi connectivity index (χ0v) is 7.90. The maximum absolute atomic E-state index is 5.67. The number of hydrogen-bond donors (Lipinski definition) is 2. The first-order chi connectivity index (χ1) is 5.84. The molecular weight excluding hydrogens is 170 g/mol. The molecule has 0 bridgehead atoms. The molecule has 0 aliphatic rings. The fourth-order valence-electron chi connectivity index (χ4n) is 0.855. The van der Waals surface area contributed by atoms with Crippen LogP contribution in [0.1, 0.15) is 0 Å². The first-order valence-electron chi connectivity index (χ1n) is 3.77. The molecule has 0 fully saturated rings. The fraction of sp³-hybridized carbons (Fsp3) is 0.375. The molecule has 66 valence electrons. The van der Waals surface area contributed by atoms with Crippen molar-refractivity contribution in [3.63, 3.8) is 0 Å². The van der Waals surface area contributed by atoms with E-state index in [9.17, 15) is 0 Å². The Labute approximate surface area is 76.8 Å². The van der Waals surface area contributed by atoms with Crippen molar-refractivity contribution in [3.8, 4) is 0 Å². The number of thioether (sulfide) groups is 1. The summed E-state index contributed by atoms with van der Waals surface area (Å²) >= 11 is 1.81. The predicted octanol–water partition coefficient (Wildman–Crippen LogP) is 1.44. The average molecular weight is 183 g/mol. The third-order valence-electron chi connectivity index (χ3n) is 1.47. The Morgan fingerprint density at radius 3 is 3.17 bits per heavy atom. The SMILES string of the molecule is CSCCNc1ccncc1N. The Balaban J connectivity index is 2.46. The highest BCUT2D eigenvalue weighted by molar-refractivity contribution is 7.98. The minimum absolute atomic E-state index is 0.707. The number of nitrogens with two attached hydrogens (primary N) is 1. The molecule has 1 rings (SSSR count). The second kappa shape index (κ2) is 4.87. The fourth-order valence-corrected chi connectivity index (χ4v) is 1.16. The van der Waals surface area contributed by atoms with Crippen LogP contribution < -0.4 is 11.1 Å². The zero-order valence-electron chi connectivity index (χ0n) is 7.08. The summed E-state index contributed by atoms with van der Waals surface area (Å²) < 4.78 is 0. The largest absolute Gasteiger partial charge is 0.396 e. The number of rotatable bonds is 4. The highest BCUT2D eigenvalue weighted by Gasteiger charge is 1.94. The maximum atomic E-state index is 5.67. The van der Waals surface area contributed by atoms with Gasteiger partial charge in [0, 0.05) is 18.5 Å². The first-order valence-corrected chi connectivity index (χ1v) is 5.16. The molecule has 0 aliphatic carbocycles. The molecular formula is C8H13N3S. The molecule has 0 atom stereocenters. The molecule has 0 saturated heterocycles. The van der Waals surface area contributed by atoms with E-state index in [1.54, 1.807) is 12.4 Å². The number of nitrogens with zero attached hydrogens (tertiary/aromatic N) is 1. The van der Waals surface area contributed by atoms with E-state index in [1.807, 2.05) is 17.8 Å². The maximum Gasteiger partial charge on any atom is 0.0736 e. The van der Waals surface area contributed by atoms with Gasteiger partial charge in [-0.3, -0.25) is 4.98 Å². The van der Waals surface area contributed by atoms with Crippen molar-refractivity contribution in [2.45, 2.75) is 0 Å².